The van der Waals surface area contributed by atoms with Gasteiger partial charge in [0.25, 0.3) is 0 Å². The molecule has 0 saturated carbocycles. The smallest absolute Gasteiger partial charge is 0.435 e. The van der Waals surface area contributed by atoms with Crippen LogP contribution >= 0.6 is 0 Å². The van der Waals surface area contributed by atoms with E-state index >= 15 is 0 Å². The fourth-order valence-corrected chi connectivity index (χ4v) is 2.26. The van der Waals surface area contributed by atoms with Crippen LogP contribution in [0, 0.1) is 0 Å². The Hall–Kier alpha value is -2.19. The summed E-state index contributed by atoms with van der Waals surface area (Å²) in [5, 5.41) is 7.05. The molecule has 8 heteroatoms. The Kier molecular flexibility index (Phi) is 6.78. The van der Waals surface area contributed by atoms with Crippen LogP contribution in [0.25, 0.3) is 11.3 Å². The minimum atomic E-state index is -4.53. The van der Waals surface area contributed by atoms with Crippen LogP contribution in [0.3, 0.4) is 0 Å². The molecule has 0 unspecified atom stereocenters. The second kappa shape index (κ2) is 8.67. The molecule has 5 nitrogen and oxygen atoms in total. The first-order chi connectivity index (χ1) is 12.6. The highest BCUT2D eigenvalue weighted by molar-refractivity contribution is 5.68. The summed E-state index contributed by atoms with van der Waals surface area (Å²) in [5.41, 5.74) is 0.650. The summed E-state index contributed by atoms with van der Waals surface area (Å²) >= 11 is 0. The summed E-state index contributed by atoms with van der Waals surface area (Å²) in [6.45, 7) is 6.91. The zero-order valence-corrected chi connectivity index (χ0v) is 15.8. The van der Waals surface area contributed by atoms with Gasteiger partial charge in [0.05, 0.1) is 18.9 Å². The molecule has 1 aromatic carbocycles. The SMILES string of the molecule is COCCOCOc1ccc(C(C)(C)C)cc1-c1ccc(C(F)(F)F)nn1. The van der Waals surface area contributed by atoms with Crippen LogP contribution in [0.5, 0.6) is 5.75 Å². The van der Waals surface area contributed by atoms with Gasteiger partial charge in [0.2, 0.25) is 0 Å². The zero-order chi connectivity index (χ0) is 20.1. The third-order valence-electron chi connectivity index (χ3n) is 3.81. The van der Waals surface area contributed by atoms with E-state index in [2.05, 4.69) is 10.2 Å². The molecule has 1 heterocycles. The van der Waals surface area contributed by atoms with Crippen LogP contribution in [0.15, 0.2) is 30.3 Å². The number of nitrogens with zero attached hydrogens (tertiary/aromatic N) is 2. The Morgan fingerprint density at radius 3 is 2.26 bits per heavy atom. The summed E-state index contributed by atoms with van der Waals surface area (Å²) in [6, 6.07) is 7.71. The lowest BCUT2D eigenvalue weighted by molar-refractivity contribution is -0.141. The number of ether oxygens (including phenoxy) is 3. The van der Waals surface area contributed by atoms with E-state index in [1.54, 1.807) is 13.2 Å². The molecular weight excluding hydrogens is 361 g/mol. The molecule has 0 aliphatic heterocycles. The predicted molar refractivity (Wildman–Crippen MR) is 94.5 cm³/mol. The molecule has 0 spiro atoms. The van der Waals surface area contributed by atoms with Crippen LogP contribution in [-0.2, 0) is 21.1 Å². The van der Waals surface area contributed by atoms with Gasteiger partial charge >= 0.3 is 6.18 Å². The minimum absolute atomic E-state index is 0.0146. The maximum atomic E-state index is 12.7. The summed E-state index contributed by atoms with van der Waals surface area (Å²) in [6.07, 6.45) is -4.53. The van der Waals surface area contributed by atoms with Crippen LogP contribution in [0.2, 0.25) is 0 Å². The molecule has 2 rings (SSSR count). The summed E-state index contributed by atoms with van der Waals surface area (Å²) in [4.78, 5) is 0. The third kappa shape index (κ3) is 5.90. The van der Waals surface area contributed by atoms with Gasteiger partial charge in [0, 0.05) is 12.7 Å². The Labute approximate surface area is 156 Å². The van der Waals surface area contributed by atoms with E-state index in [9.17, 15) is 13.2 Å². The normalized spacial score (nSPS) is 12.3. The Bertz CT molecular complexity index is 741. The van der Waals surface area contributed by atoms with E-state index < -0.39 is 11.9 Å². The number of aromatic nitrogens is 2. The number of hydrogen-bond donors (Lipinski definition) is 0. The van der Waals surface area contributed by atoms with Crippen molar-refractivity contribution in [3.8, 4) is 17.0 Å². The van der Waals surface area contributed by atoms with E-state index in [1.165, 1.54) is 6.07 Å². The molecular formula is C19H23F3N2O3. The summed E-state index contributed by atoms with van der Waals surface area (Å²) < 4.78 is 54.0. The molecule has 0 saturated heterocycles. The van der Waals surface area contributed by atoms with Gasteiger partial charge in [-0.2, -0.15) is 13.2 Å². The highest BCUT2D eigenvalue weighted by atomic mass is 19.4. The third-order valence-corrected chi connectivity index (χ3v) is 3.81. The quantitative estimate of drug-likeness (QED) is 0.521. The van der Waals surface area contributed by atoms with Gasteiger partial charge in [0.1, 0.15) is 5.75 Å². The monoisotopic (exact) mass is 384 g/mol. The van der Waals surface area contributed by atoms with Gasteiger partial charge < -0.3 is 14.2 Å². The standard InChI is InChI=1S/C19H23F3N2O3/c1-18(2,3)13-5-7-16(27-12-26-10-9-25-4)14(11-13)15-6-8-17(24-23-15)19(20,21)22/h5-8,11H,9-10,12H2,1-4H3. The highest BCUT2D eigenvalue weighted by Gasteiger charge is 2.33. The summed E-state index contributed by atoms with van der Waals surface area (Å²) in [5.74, 6) is 0.453. The van der Waals surface area contributed by atoms with Crippen LogP contribution in [0.4, 0.5) is 13.2 Å². The summed E-state index contributed by atoms with van der Waals surface area (Å²) in [7, 11) is 1.57. The molecule has 0 aliphatic carbocycles. The fraction of sp³-hybridized carbons (Fsp3) is 0.474. The molecule has 148 valence electrons. The van der Waals surface area contributed by atoms with Gasteiger partial charge in [-0.05, 0) is 35.2 Å². The van der Waals surface area contributed by atoms with Crippen LogP contribution in [0.1, 0.15) is 32.0 Å². The Balaban J connectivity index is 2.32. The number of methoxy groups -OCH3 is 1. The van der Waals surface area contributed by atoms with Gasteiger partial charge in [-0.15, -0.1) is 10.2 Å². The highest BCUT2D eigenvalue weighted by Crippen LogP contribution is 2.35. The molecule has 0 bridgehead atoms. The van der Waals surface area contributed by atoms with Crippen molar-refractivity contribution in [2.24, 2.45) is 0 Å². The lowest BCUT2D eigenvalue weighted by Crippen LogP contribution is -2.13. The lowest BCUT2D eigenvalue weighted by Gasteiger charge is -2.21. The van der Waals surface area contributed by atoms with E-state index in [0.29, 0.717) is 30.2 Å². The van der Waals surface area contributed by atoms with Gasteiger partial charge in [-0.3, -0.25) is 0 Å². The molecule has 0 amide bonds. The number of benzene rings is 1. The van der Waals surface area contributed by atoms with Crippen molar-refractivity contribution in [2.75, 3.05) is 27.1 Å². The largest absolute Gasteiger partial charge is 0.467 e. The fourth-order valence-electron chi connectivity index (χ4n) is 2.26. The van der Waals surface area contributed by atoms with Gasteiger partial charge in [-0.25, -0.2) is 0 Å². The number of rotatable bonds is 7. The molecule has 0 fully saturated rings. The van der Waals surface area contributed by atoms with Crippen molar-refractivity contribution in [1.82, 2.24) is 10.2 Å². The maximum absolute atomic E-state index is 12.7. The molecule has 0 atom stereocenters. The molecule has 0 aliphatic rings. The zero-order valence-electron chi connectivity index (χ0n) is 15.8. The second-order valence-corrected chi connectivity index (χ2v) is 6.93. The van der Waals surface area contributed by atoms with Crippen molar-refractivity contribution in [3.63, 3.8) is 0 Å². The first-order valence-corrected chi connectivity index (χ1v) is 8.38. The number of alkyl halides is 3. The molecule has 0 radical (unpaired) electrons. The van der Waals surface area contributed by atoms with Gasteiger partial charge in [0.15, 0.2) is 12.5 Å². The maximum Gasteiger partial charge on any atom is 0.435 e. The average Bonchev–Trinajstić information content (AvgIpc) is 2.60. The molecule has 0 N–H and O–H groups in total. The Morgan fingerprint density at radius 2 is 1.70 bits per heavy atom. The van der Waals surface area contributed by atoms with E-state index in [-0.39, 0.29) is 12.2 Å². The first kappa shape index (κ1) is 21.1. The Morgan fingerprint density at radius 1 is 0.963 bits per heavy atom. The van der Waals surface area contributed by atoms with Gasteiger partial charge in [-0.1, -0.05) is 26.8 Å². The number of halogens is 3. The van der Waals surface area contributed by atoms with E-state index in [1.807, 2.05) is 32.9 Å². The van der Waals surface area contributed by atoms with E-state index in [4.69, 9.17) is 14.2 Å². The van der Waals surface area contributed by atoms with Crippen molar-refractivity contribution in [2.45, 2.75) is 32.4 Å². The van der Waals surface area contributed by atoms with Crippen LogP contribution in [-0.4, -0.2) is 37.3 Å². The first-order valence-electron chi connectivity index (χ1n) is 8.38. The van der Waals surface area contributed by atoms with Crippen molar-refractivity contribution in [1.29, 1.82) is 0 Å². The lowest BCUT2D eigenvalue weighted by atomic mass is 9.85. The van der Waals surface area contributed by atoms with Crippen molar-refractivity contribution < 1.29 is 27.4 Å². The minimum Gasteiger partial charge on any atom is -0.467 e. The second-order valence-electron chi connectivity index (χ2n) is 6.93. The average molecular weight is 384 g/mol. The molecule has 27 heavy (non-hydrogen) atoms. The van der Waals surface area contributed by atoms with Crippen LogP contribution < -0.4 is 4.74 Å². The van der Waals surface area contributed by atoms with Crippen molar-refractivity contribution >= 4 is 0 Å². The molecule has 2 aromatic rings. The topological polar surface area (TPSA) is 53.5 Å². The number of hydrogen-bond acceptors (Lipinski definition) is 5. The van der Waals surface area contributed by atoms with E-state index in [0.717, 1.165) is 11.6 Å². The van der Waals surface area contributed by atoms with Crippen molar-refractivity contribution in [3.05, 3.63) is 41.6 Å². The predicted octanol–water partition coefficient (Wildman–Crippen LogP) is 4.46. The molecule has 1 aromatic heterocycles.